The number of amides is 1. The van der Waals surface area contributed by atoms with Gasteiger partial charge in [0.1, 0.15) is 0 Å². The summed E-state index contributed by atoms with van der Waals surface area (Å²) >= 11 is 0. The molecule has 0 aromatic heterocycles. The number of hydrogen-bond acceptors (Lipinski definition) is 5. The molecule has 0 fully saturated rings. The fraction of sp³-hybridized carbons (Fsp3) is 0.895. The third kappa shape index (κ3) is 49.6. The summed E-state index contributed by atoms with van der Waals surface area (Å²) in [5.41, 5.74) is 0. The molecule has 0 aromatic rings. The van der Waals surface area contributed by atoms with Crippen LogP contribution in [-0.2, 0) is 14.3 Å². The zero-order chi connectivity index (χ0) is 45.8. The number of aliphatic hydroxyl groups excluding tert-OH is 2. The lowest BCUT2D eigenvalue weighted by Gasteiger charge is -2.20. The molecule has 1 amide bonds. The lowest BCUT2D eigenvalue weighted by atomic mass is 10.0. The first-order valence-electron chi connectivity index (χ1n) is 28.1. The van der Waals surface area contributed by atoms with Crippen molar-refractivity contribution in [2.75, 3.05) is 13.2 Å². The highest BCUT2D eigenvalue weighted by atomic mass is 16.5. The molecule has 0 aliphatic heterocycles. The van der Waals surface area contributed by atoms with Crippen LogP contribution in [0.1, 0.15) is 303 Å². The van der Waals surface area contributed by atoms with Crippen molar-refractivity contribution in [1.82, 2.24) is 5.32 Å². The molecule has 2 atom stereocenters. The van der Waals surface area contributed by atoms with Crippen LogP contribution in [0.4, 0.5) is 0 Å². The van der Waals surface area contributed by atoms with Crippen molar-refractivity contribution in [3.05, 3.63) is 24.3 Å². The summed E-state index contributed by atoms with van der Waals surface area (Å²) in [5.74, 6) is -0.0739. The molecule has 0 radical (unpaired) electrons. The number of carbonyl (C=O) groups is 2. The van der Waals surface area contributed by atoms with E-state index in [0.717, 1.165) is 44.9 Å². The lowest BCUT2D eigenvalue weighted by molar-refractivity contribution is -0.143. The van der Waals surface area contributed by atoms with Crippen LogP contribution < -0.4 is 5.32 Å². The van der Waals surface area contributed by atoms with E-state index >= 15 is 0 Å². The second-order valence-corrected chi connectivity index (χ2v) is 19.3. The topological polar surface area (TPSA) is 95.9 Å². The minimum Gasteiger partial charge on any atom is -0.466 e. The second-order valence-electron chi connectivity index (χ2n) is 19.3. The number of carbonyl (C=O) groups excluding carboxylic acids is 2. The van der Waals surface area contributed by atoms with Gasteiger partial charge in [-0.15, -0.1) is 0 Å². The van der Waals surface area contributed by atoms with Gasteiger partial charge in [0, 0.05) is 12.8 Å². The molecule has 0 saturated carbocycles. The number of allylic oxidation sites excluding steroid dienone is 3. The van der Waals surface area contributed by atoms with Crippen LogP contribution in [0.2, 0.25) is 0 Å². The molecule has 0 rings (SSSR count). The standard InChI is InChI=1S/C57H109NO5/c1-3-5-7-9-11-13-15-17-22-26-29-33-37-41-45-49-55(60)54(53-59)58-56(61)50-46-42-38-34-30-27-23-20-18-19-21-24-28-32-36-40-44-48-52-63-57(62)51-47-43-39-35-31-25-16-14-12-10-8-6-4-2/h14,16,45,49,54-55,59-60H,3-13,15,17-44,46-48,50-53H2,1-2H3,(H,58,61)/b16-14-,49-45+. The molecular formula is C57H109NO5. The molecule has 0 heterocycles. The van der Waals surface area contributed by atoms with E-state index in [0.29, 0.717) is 19.4 Å². The van der Waals surface area contributed by atoms with Crippen molar-refractivity contribution in [2.45, 2.75) is 315 Å². The molecule has 0 aliphatic rings. The average Bonchev–Trinajstić information content (AvgIpc) is 3.28. The van der Waals surface area contributed by atoms with Crippen LogP contribution in [0, 0.1) is 0 Å². The van der Waals surface area contributed by atoms with Crippen molar-refractivity contribution in [1.29, 1.82) is 0 Å². The highest BCUT2D eigenvalue weighted by Gasteiger charge is 2.18. The molecule has 2 unspecified atom stereocenters. The summed E-state index contributed by atoms with van der Waals surface area (Å²) in [5, 5.41) is 23.1. The Morgan fingerprint density at radius 1 is 0.429 bits per heavy atom. The van der Waals surface area contributed by atoms with Gasteiger partial charge in [0.05, 0.1) is 25.4 Å². The number of unbranched alkanes of at least 4 members (excludes halogenated alkanes) is 39. The molecule has 3 N–H and O–H groups in total. The van der Waals surface area contributed by atoms with Gasteiger partial charge in [-0.05, 0) is 57.8 Å². The van der Waals surface area contributed by atoms with Crippen molar-refractivity contribution in [3.63, 3.8) is 0 Å². The Kier molecular flexibility index (Phi) is 51.6. The first-order chi connectivity index (χ1) is 31.0. The molecule has 0 aliphatic carbocycles. The largest absolute Gasteiger partial charge is 0.466 e. The van der Waals surface area contributed by atoms with Gasteiger partial charge in [-0.3, -0.25) is 9.59 Å². The maximum atomic E-state index is 12.4. The molecule has 6 heteroatoms. The zero-order valence-electron chi connectivity index (χ0n) is 42.3. The number of nitrogens with one attached hydrogen (secondary N) is 1. The summed E-state index contributed by atoms with van der Waals surface area (Å²) in [7, 11) is 0. The fourth-order valence-electron chi connectivity index (χ4n) is 8.63. The first kappa shape index (κ1) is 61.3. The predicted molar refractivity (Wildman–Crippen MR) is 273 cm³/mol. The van der Waals surface area contributed by atoms with Gasteiger partial charge in [0.15, 0.2) is 0 Å². The summed E-state index contributed by atoms with van der Waals surface area (Å²) in [6.45, 7) is 4.88. The lowest BCUT2D eigenvalue weighted by Crippen LogP contribution is -2.45. The number of hydrogen-bond donors (Lipinski definition) is 3. The molecule has 6 nitrogen and oxygen atoms in total. The van der Waals surface area contributed by atoms with Crippen LogP contribution in [0.25, 0.3) is 0 Å². The monoisotopic (exact) mass is 888 g/mol. The Hall–Kier alpha value is -1.66. The molecule has 0 saturated heterocycles. The van der Waals surface area contributed by atoms with Crippen LogP contribution in [0.15, 0.2) is 24.3 Å². The summed E-state index contributed by atoms with van der Waals surface area (Å²) in [6, 6.07) is -0.630. The van der Waals surface area contributed by atoms with E-state index in [9.17, 15) is 19.8 Å². The molecule has 0 spiro atoms. The van der Waals surface area contributed by atoms with E-state index in [4.69, 9.17) is 4.74 Å². The van der Waals surface area contributed by atoms with Crippen LogP contribution in [-0.4, -0.2) is 47.4 Å². The third-order valence-electron chi connectivity index (χ3n) is 13.0. The molecule has 372 valence electrons. The van der Waals surface area contributed by atoms with Gasteiger partial charge in [-0.2, -0.15) is 0 Å². The van der Waals surface area contributed by atoms with E-state index in [1.165, 1.54) is 231 Å². The Balaban J connectivity index is 3.44. The third-order valence-corrected chi connectivity index (χ3v) is 13.0. The van der Waals surface area contributed by atoms with Crippen molar-refractivity contribution < 1.29 is 24.5 Å². The predicted octanol–water partition coefficient (Wildman–Crippen LogP) is 17.1. The van der Waals surface area contributed by atoms with Gasteiger partial charge in [-0.1, -0.05) is 256 Å². The molecule has 0 aromatic carbocycles. The Morgan fingerprint density at radius 2 is 0.746 bits per heavy atom. The minimum atomic E-state index is -0.846. The van der Waals surface area contributed by atoms with Gasteiger partial charge in [-0.25, -0.2) is 0 Å². The van der Waals surface area contributed by atoms with Crippen molar-refractivity contribution in [2.24, 2.45) is 0 Å². The van der Waals surface area contributed by atoms with E-state index < -0.39 is 12.1 Å². The minimum absolute atomic E-state index is 0.00278. The number of ether oxygens (including phenoxy) is 1. The SMILES string of the molecule is CCCCCC/C=C\CCCCCCCC(=O)OCCCCCCCCCCCCCCCCCCCCC(=O)NC(CO)C(O)/C=C/CCCCCCCCCCCCCCC. The van der Waals surface area contributed by atoms with Crippen LogP contribution >= 0.6 is 0 Å². The highest BCUT2D eigenvalue weighted by molar-refractivity contribution is 5.76. The van der Waals surface area contributed by atoms with E-state index in [2.05, 4.69) is 31.3 Å². The van der Waals surface area contributed by atoms with E-state index in [-0.39, 0.29) is 18.5 Å². The summed E-state index contributed by atoms with van der Waals surface area (Å²) in [6.07, 6.45) is 63.3. The quantitative estimate of drug-likeness (QED) is 0.0321. The van der Waals surface area contributed by atoms with Crippen LogP contribution in [0.5, 0.6) is 0 Å². The van der Waals surface area contributed by atoms with Crippen LogP contribution in [0.3, 0.4) is 0 Å². The Morgan fingerprint density at radius 3 is 1.14 bits per heavy atom. The average molecular weight is 889 g/mol. The van der Waals surface area contributed by atoms with Crippen molar-refractivity contribution in [3.8, 4) is 0 Å². The maximum Gasteiger partial charge on any atom is 0.305 e. The normalized spacial score (nSPS) is 12.8. The van der Waals surface area contributed by atoms with Gasteiger partial charge < -0.3 is 20.3 Å². The highest BCUT2D eigenvalue weighted by Crippen LogP contribution is 2.17. The molecule has 0 bridgehead atoms. The Bertz CT molecular complexity index is 982. The number of aliphatic hydroxyl groups is 2. The fourth-order valence-corrected chi connectivity index (χ4v) is 8.63. The van der Waals surface area contributed by atoms with Crippen molar-refractivity contribution >= 4 is 11.9 Å². The van der Waals surface area contributed by atoms with Gasteiger partial charge in [0.2, 0.25) is 5.91 Å². The molecule has 63 heavy (non-hydrogen) atoms. The Labute approximate surface area is 392 Å². The zero-order valence-corrected chi connectivity index (χ0v) is 42.3. The molecular weight excluding hydrogens is 779 g/mol. The summed E-state index contributed by atoms with van der Waals surface area (Å²) in [4.78, 5) is 24.5. The van der Waals surface area contributed by atoms with Gasteiger partial charge >= 0.3 is 5.97 Å². The maximum absolute atomic E-state index is 12.4. The van der Waals surface area contributed by atoms with Gasteiger partial charge in [0.25, 0.3) is 0 Å². The van der Waals surface area contributed by atoms with E-state index in [1.54, 1.807) is 6.08 Å². The second kappa shape index (κ2) is 53.0. The number of esters is 1. The number of rotatable bonds is 52. The first-order valence-corrected chi connectivity index (χ1v) is 28.1. The smallest absolute Gasteiger partial charge is 0.305 e. The van der Waals surface area contributed by atoms with E-state index in [1.807, 2.05) is 6.08 Å². The summed E-state index contributed by atoms with van der Waals surface area (Å²) < 4.78 is 5.46.